The van der Waals surface area contributed by atoms with Crippen LogP contribution in [-0.4, -0.2) is 25.8 Å². The van der Waals surface area contributed by atoms with Crippen LogP contribution in [0, 0.1) is 18.3 Å². The summed E-state index contributed by atoms with van der Waals surface area (Å²) in [5.41, 5.74) is 1.76. The summed E-state index contributed by atoms with van der Waals surface area (Å²) in [5, 5.41) is 15.8. The summed E-state index contributed by atoms with van der Waals surface area (Å²) in [5.74, 6) is 0.213. The predicted octanol–water partition coefficient (Wildman–Crippen LogP) is 1.61. The second-order valence-corrected chi connectivity index (χ2v) is 8.37. The van der Waals surface area contributed by atoms with Crippen LogP contribution in [0.25, 0.3) is 17.7 Å². The molecule has 2 aromatic rings. The lowest BCUT2D eigenvalue weighted by Crippen LogP contribution is -2.30. The van der Waals surface area contributed by atoms with Crippen molar-refractivity contribution in [2.45, 2.75) is 45.6 Å². The van der Waals surface area contributed by atoms with Gasteiger partial charge in [0.1, 0.15) is 0 Å². The van der Waals surface area contributed by atoms with E-state index in [1.165, 1.54) is 11.0 Å². The maximum Gasteiger partial charge on any atom is 0.307 e. The number of allylic oxidation sites excluding steroid dienone is 2. The molecule has 6 nitrogen and oxygen atoms in total. The molecule has 2 atom stereocenters. The van der Waals surface area contributed by atoms with E-state index in [2.05, 4.69) is 52.8 Å². The summed E-state index contributed by atoms with van der Waals surface area (Å²) in [7, 11) is 0. The van der Waals surface area contributed by atoms with Gasteiger partial charge in [-0.3, -0.25) is 4.79 Å². The summed E-state index contributed by atoms with van der Waals surface area (Å²) in [6, 6.07) is 2.17. The number of hydrogen-bond donors (Lipinski definition) is 1. The third kappa shape index (κ3) is 2.08. The molecule has 1 aliphatic heterocycles. The minimum Gasteiger partial charge on any atom is -0.481 e. The van der Waals surface area contributed by atoms with Crippen molar-refractivity contribution in [1.29, 1.82) is 0 Å². The molecule has 0 bridgehead atoms. The van der Waals surface area contributed by atoms with Crippen molar-refractivity contribution in [3.8, 4) is 0 Å². The lowest BCUT2D eigenvalue weighted by atomic mass is 9.91. The van der Waals surface area contributed by atoms with Crippen LogP contribution in [-0.2, 0) is 16.8 Å². The lowest BCUT2D eigenvalue weighted by molar-refractivity contribution is -0.139. The second-order valence-electron chi connectivity index (χ2n) is 8.37. The number of fused-ring (bicyclic) bond motifs is 4. The van der Waals surface area contributed by atoms with Crippen molar-refractivity contribution < 1.29 is 14.4 Å². The van der Waals surface area contributed by atoms with E-state index in [0.29, 0.717) is 11.7 Å². The van der Waals surface area contributed by atoms with Crippen LogP contribution in [0.4, 0.5) is 0 Å². The fourth-order valence-electron chi connectivity index (χ4n) is 4.69. The highest BCUT2D eigenvalue weighted by Gasteiger charge is 2.62. The maximum atomic E-state index is 11.5. The zero-order valence-corrected chi connectivity index (χ0v) is 15.1. The molecular formula is C20H21N3O3. The fraction of sp³-hybridized carbons (Fsp3) is 0.450. The van der Waals surface area contributed by atoms with Gasteiger partial charge in [0.05, 0.1) is 5.92 Å². The first-order valence-corrected chi connectivity index (χ1v) is 9.00. The van der Waals surface area contributed by atoms with Gasteiger partial charge in [-0.15, -0.1) is 0 Å². The normalized spacial score (nSPS) is 27.8. The van der Waals surface area contributed by atoms with Crippen molar-refractivity contribution in [3.05, 3.63) is 40.1 Å². The smallest absolute Gasteiger partial charge is 0.307 e. The van der Waals surface area contributed by atoms with Gasteiger partial charge in [-0.25, -0.2) is 0 Å². The number of carbonyl (C=O) groups is 1. The Balaban J connectivity index is 1.70. The van der Waals surface area contributed by atoms with Crippen LogP contribution < -0.4 is 10.6 Å². The number of carboxylic acid groups (broad SMARTS) is 1. The molecule has 3 aliphatic rings. The van der Waals surface area contributed by atoms with Crippen LogP contribution in [0.3, 0.4) is 0 Å². The lowest BCUT2D eigenvalue weighted by Gasteiger charge is -2.15. The molecule has 6 heteroatoms. The standard InChI is InChI=1S/C20H21N3O3/c1-11-21-17(22-26-11)13-6-12-7-16-20(9-14(20)18(24)25)4-5-23(16)15(12)10-19(2,3)8-13/h6-8,10,14H,4-5,9H2,1-3H3,(H,24,25). The number of aromatic nitrogens is 3. The molecule has 0 saturated heterocycles. The first kappa shape index (κ1) is 15.6. The molecule has 0 aromatic carbocycles. The molecule has 134 valence electrons. The van der Waals surface area contributed by atoms with E-state index in [-0.39, 0.29) is 16.7 Å². The second kappa shape index (κ2) is 4.75. The Kier molecular flexibility index (Phi) is 2.85. The van der Waals surface area contributed by atoms with Gasteiger partial charge in [0, 0.05) is 46.1 Å². The van der Waals surface area contributed by atoms with Crippen LogP contribution >= 0.6 is 0 Å². The number of aliphatic carboxylic acids is 1. The summed E-state index contributed by atoms with van der Waals surface area (Å²) < 4.78 is 7.47. The fourth-order valence-corrected chi connectivity index (χ4v) is 4.69. The highest BCUT2D eigenvalue weighted by atomic mass is 16.5. The zero-order chi connectivity index (χ0) is 18.3. The predicted molar refractivity (Wildman–Crippen MR) is 95.4 cm³/mol. The van der Waals surface area contributed by atoms with Crippen molar-refractivity contribution in [2.24, 2.45) is 11.3 Å². The van der Waals surface area contributed by atoms with Crippen molar-refractivity contribution in [3.63, 3.8) is 0 Å². The van der Waals surface area contributed by atoms with Gasteiger partial charge in [-0.1, -0.05) is 31.2 Å². The van der Waals surface area contributed by atoms with Crippen LogP contribution in [0.15, 0.2) is 16.7 Å². The topological polar surface area (TPSA) is 81.2 Å². The van der Waals surface area contributed by atoms with Gasteiger partial charge in [0.2, 0.25) is 11.7 Å². The number of rotatable bonds is 2. The third-order valence-corrected chi connectivity index (χ3v) is 5.97. The zero-order valence-electron chi connectivity index (χ0n) is 15.1. The van der Waals surface area contributed by atoms with Gasteiger partial charge in [-0.2, -0.15) is 4.98 Å². The Hall–Kier alpha value is -2.63. The van der Waals surface area contributed by atoms with Crippen LogP contribution in [0.2, 0.25) is 0 Å². The highest BCUT2D eigenvalue weighted by Crippen LogP contribution is 2.59. The Labute approximate surface area is 150 Å². The molecule has 1 saturated carbocycles. The number of hydrogen-bond acceptors (Lipinski definition) is 4. The van der Waals surface area contributed by atoms with Gasteiger partial charge < -0.3 is 14.2 Å². The molecule has 26 heavy (non-hydrogen) atoms. The number of carboxylic acids is 1. The summed E-state index contributed by atoms with van der Waals surface area (Å²) in [6.45, 7) is 6.98. The van der Waals surface area contributed by atoms with E-state index >= 15 is 0 Å². The van der Waals surface area contributed by atoms with E-state index in [9.17, 15) is 9.90 Å². The molecule has 2 aliphatic carbocycles. The Bertz CT molecular complexity index is 1100. The highest BCUT2D eigenvalue weighted by molar-refractivity contribution is 5.87. The molecule has 1 fully saturated rings. The summed E-state index contributed by atoms with van der Waals surface area (Å²) in [6.07, 6.45) is 8.19. The van der Waals surface area contributed by atoms with E-state index in [1.807, 2.05) is 0 Å². The SMILES string of the molecule is Cc1nc(C2=CC(C)(C)C=c3c(cc4n3CCC43CC3C(=O)O)=C2)no1. The molecule has 3 heterocycles. The van der Waals surface area contributed by atoms with Crippen molar-refractivity contribution in [1.82, 2.24) is 14.7 Å². The van der Waals surface area contributed by atoms with E-state index in [4.69, 9.17) is 4.52 Å². The van der Waals surface area contributed by atoms with Crippen molar-refractivity contribution in [2.75, 3.05) is 0 Å². The molecule has 1 spiro atoms. The van der Waals surface area contributed by atoms with Gasteiger partial charge in [0.25, 0.3) is 0 Å². The largest absolute Gasteiger partial charge is 0.481 e. The van der Waals surface area contributed by atoms with Gasteiger partial charge in [-0.05, 0) is 25.0 Å². The Morgan fingerprint density at radius 2 is 2.19 bits per heavy atom. The molecule has 0 radical (unpaired) electrons. The van der Waals surface area contributed by atoms with E-state index in [1.54, 1.807) is 6.92 Å². The van der Waals surface area contributed by atoms with Crippen LogP contribution in [0.5, 0.6) is 0 Å². The van der Waals surface area contributed by atoms with Crippen LogP contribution in [0.1, 0.15) is 44.1 Å². The molecule has 0 amide bonds. The number of nitrogens with zero attached hydrogens (tertiary/aromatic N) is 3. The average molecular weight is 351 g/mol. The Morgan fingerprint density at radius 3 is 2.85 bits per heavy atom. The van der Waals surface area contributed by atoms with E-state index < -0.39 is 5.97 Å². The molecule has 1 N–H and O–H groups in total. The van der Waals surface area contributed by atoms with Gasteiger partial charge >= 0.3 is 5.97 Å². The Morgan fingerprint density at radius 1 is 1.38 bits per heavy atom. The average Bonchev–Trinajstić information content (AvgIpc) is 2.80. The summed E-state index contributed by atoms with van der Waals surface area (Å²) >= 11 is 0. The summed E-state index contributed by atoms with van der Waals surface area (Å²) in [4.78, 5) is 15.9. The maximum absolute atomic E-state index is 11.5. The molecular weight excluding hydrogens is 330 g/mol. The number of aryl methyl sites for hydroxylation is 1. The third-order valence-electron chi connectivity index (χ3n) is 5.97. The molecule has 2 aromatic heterocycles. The first-order valence-electron chi connectivity index (χ1n) is 9.00. The first-order chi connectivity index (χ1) is 12.3. The monoisotopic (exact) mass is 351 g/mol. The minimum atomic E-state index is -0.675. The molecule has 5 rings (SSSR count). The van der Waals surface area contributed by atoms with Crippen molar-refractivity contribution >= 4 is 23.7 Å². The van der Waals surface area contributed by atoms with E-state index in [0.717, 1.165) is 30.2 Å². The van der Waals surface area contributed by atoms with Gasteiger partial charge in [0.15, 0.2) is 0 Å². The quantitative estimate of drug-likeness (QED) is 0.889. The molecule has 2 unspecified atom stereocenters. The minimum absolute atomic E-state index is 0.170.